The van der Waals surface area contributed by atoms with Crippen molar-refractivity contribution in [3.63, 3.8) is 0 Å². The van der Waals surface area contributed by atoms with Gasteiger partial charge in [-0.1, -0.05) is 19.1 Å². The third-order valence-corrected chi connectivity index (χ3v) is 2.78. The fourth-order valence-corrected chi connectivity index (χ4v) is 1.75. The van der Waals surface area contributed by atoms with Crippen molar-refractivity contribution in [2.45, 2.75) is 19.8 Å². The Kier molecular flexibility index (Phi) is 4.61. The van der Waals surface area contributed by atoms with Crippen molar-refractivity contribution in [2.75, 3.05) is 6.54 Å². The van der Waals surface area contributed by atoms with Gasteiger partial charge in [0.25, 0.3) is 5.91 Å². The van der Waals surface area contributed by atoms with Crippen LogP contribution in [0.5, 0.6) is 0 Å². The van der Waals surface area contributed by atoms with E-state index in [1.54, 1.807) is 12.5 Å². The molecule has 0 atom stereocenters. The number of amides is 1. The summed E-state index contributed by atoms with van der Waals surface area (Å²) < 4.78 is 0. The Morgan fingerprint density at radius 2 is 2.00 bits per heavy atom. The van der Waals surface area contributed by atoms with Gasteiger partial charge < -0.3 is 5.32 Å². The number of aromatic nitrogens is 2. The van der Waals surface area contributed by atoms with Gasteiger partial charge in [-0.25, -0.2) is 9.97 Å². The third kappa shape index (κ3) is 3.88. The van der Waals surface area contributed by atoms with Gasteiger partial charge in [0.15, 0.2) is 0 Å². The molecule has 1 N–H and O–H groups in total. The number of hydrogen-bond acceptors (Lipinski definition) is 3. The van der Waals surface area contributed by atoms with Crippen LogP contribution in [0.25, 0.3) is 0 Å². The van der Waals surface area contributed by atoms with Crippen molar-refractivity contribution in [3.8, 4) is 0 Å². The lowest BCUT2D eigenvalue weighted by Crippen LogP contribution is -2.23. The molecule has 4 nitrogen and oxygen atoms in total. The molecule has 0 spiro atoms. The van der Waals surface area contributed by atoms with Crippen LogP contribution in [-0.2, 0) is 6.42 Å². The molecule has 2 aromatic rings. The minimum Gasteiger partial charge on any atom is -0.352 e. The lowest BCUT2D eigenvalue weighted by molar-refractivity contribution is 0.0953. The SMILES string of the molecule is CCCNC(=O)c1ccc(Cc2ccncn2)cc1. The molecule has 1 amide bonds. The van der Waals surface area contributed by atoms with E-state index in [4.69, 9.17) is 0 Å². The van der Waals surface area contributed by atoms with Gasteiger partial charge in [0, 0.05) is 30.4 Å². The van der Waals surface area contributed by atoms with Crippen LogP contribution < -0.4 is 5.32 Å². The molecule has 4 heteroatoms. The van der Waals surface area contributed by atoms with Gasteiger partial charge in [-0.15, -0.1) is 0 Å². The molecule has 19 heavy (non-hydrogen) atoms. The smallest absolute Gasteiger partial charge is 0.251 e. The molecule has 1 heterocycles. The highest BCUT2D eigenvalue weighted by Gasteiger charge is 2.04. The molecular weight excluding hydrogens is 238 g/mol. The summed E-state index contributed by atoms with van der Waals surface area (Å²) in [5, 5.41) is 2.86. The summed E-state index contributed by atoms with van der Waals surface area (Å²) in [5.41, 5.74) is 2.80. The first-order valence-corrected chi connectivity index (χ1v) is 6.41. The predicted molar refractivity (Wildman–Crippen MR) is 73.9 cm³/mol. The second-order valence-electron chi connectivity index (χ2n) is 4.33. The lowest BCUT2D eigenvalue weighted by atomic mass is 10.1. The Morgan fingerprint density at radius 1 is 1.21 bits per heavy atom. The van der Waals surface area contributed by atoms with Crippen LogP contribution in [0.2, 0.25) is 0 Å². The van der Waals surface area contributed by atoms with Crippen LogP contribution in [0, 0.1) is 0 Å². The van der Waals surface area contributed by atoms with Gasteiger partial charge >= 0.3 is 0 Å². The minimum atomic E-state index is -0.0181. The molecule has 0 aliphatic carbocycles. The third-order valence-electron chi connectivity index (χ3n) is 2.78. The Bertz CT molecular complexity index is 523. The van der Waals surface area contributed by atoms with E-state index in [0.29, 0.717) is 12.1 Å². The first kappa shape index (κ1) is 13.2. The Morgan fingerprint density at radius 3 is 2.63 bits per heavy atom. The number of rotatable bonds is 5. The largest absolute Gasteiger partial charge is 0.352 e. The zero-order chi connectivity index (χ0) is 13.5. The van der Waals surface area contributed by atoms with Crippen molar-refractivity contribution in [1.29, 1.82) is 0 Å². The average Bonchev–Trinajstić information content (AvgIpc) is 2.46. The number of nitrogens with zero attached hydrogens (tertiary/aromatic N) is 2. The van der Waals surface area contributed by atoms with Gasteiger partial charge in [-0.05, 0) is 30.2 Å². The highest BCUT2D eigenvalue weighted by Crippen LogP contribution is 2.08. The van der Waals surface area contributed by atoms with Crippen LogP contribution >= 0.6 is 0 Å². The Balaban J connectivity index is 2.00. The number of hydrogen-bond donors (Lipinski definition) is 1. The maximum absolute atomic E-state index is 11.7. The standard InChI is InChI=1S/C15H17N3O/c1-2-8-17-15(19)13-5-3-12(4-6-13)10-14-7-9-16-11-18-14/h3-7,9,11H,2,8,10H2,1H3,(H,17,19). The Labute approximate surface area is 112 Å². The van der Waals surface area contributed by atoms with E-state index >= 15 is 0 Å². The topological polar surface area (TPSA) is 54.9 Å². The van der Waals surface area contributed by atoms with E-state index in [1.165, 1.54) is 0 Å². The molecule has 98 valence electrons. The van der Waals surface area contributed by atoms with Crippen molar-refractivity contribution >= 4 is 5.91 Å². The second kappa shape index (κ2) is 6.64. The summed E-state index contributed by atoms with van der Waals surface area (Å²) in [4.78, 5) is 19.8. The van der Waals surface area contributed by atoms with Crippen LogP contribution in [0.15, 0.2) is 42.9 Å². The van der Waals surface area contributed by atoms with E-state index in [-0.39, 0.29) is 5.91 Å². The summed E-state index contributed by atoms with van der Waals surface area (Å²) in [5.74, 6) is -0.0181. The van der Waals surface area contributed by atoms with Crippen molar-refractivity contribution in [1.82, 2.24) is 15.3 Å². The number of nitrogens with one attached hydrogen (secondary N) is 1. The quantitative estimate of drug-likeness (QED) is 0.891. The molecule has 0 saturated heterocycles. The van der Waals surface area contributed by atoms with Crippen LogP contribution in [0.3, 0.4) is 0 Å². The number of carbonyl (C=O) groups is 1. The van der Waals surface area contributed by atoms with Crippen LogP contribution in [0.1, 0.15) is 35.0 Å². The highest BCUT2D eigenvalue weighted by molar-refractivity contribution is 5.94. The van der Waals surface area contributed by atoms with Crippen molar-refractivity contribution in [3.05, 3.63) is 59.7 Å². The molecule has 0 fully saturated rings. The first-order chi connectivity index (χ1) is 9.29. The van der Waals surface area contributed by atoms with Gasteiger partial charge in [0.1, 0.15) is 6.33 Å². The zero-order valence-electron chi connectivity index (χ0n) is 11.0. The maximum Gasteiger partial charge on any atom is 0.251 e. The molecule has 1 aromatic heterocycles. The summed E-state index contributed by atoms with van der Waals surface area (Å²) in [6, 6.07) is 9.51. The number of benzene rings is 1. The fraction of sp³-hybridized carbons (Fsp3) is 0.267. The molecule has 0 radical (unpaired) electrons. The predicted octanol–water partition coefficient (Wildman–Crippen LogP) is 2.21. The van der Waals surface area contributed by atoms with Gasteiger partial charge in [0.05, 0.1) is 0 Å². The normalized spacial score (nSPS) is 10.2. The molecule has 0 aliphatic rings. The van der Waals surface area contributed by atoms with E-state index < -0.39 is 0 Å². The van der Waals surface area contributed by atoms with Gasteiger partial charge in [-0.2, -0.15) is 0 Å². The molecular formula is C15H17N3O. The molecule has 0 bridgehead atoms. The fourth-order valence-electron chi connectivity index (χ4n) is 1.75. The monoisotopic (exact) mass is 255 g/mol. The summed E-state index contributed by atoms with van der Waals surface area (Å²) in [6.07, 6.45) is 4.97. The van der Waals surface area contributed by atoms with Gasteiger partial charge in [-0.3, -0.25) is 4.79 Å². The Hall–Kier alpha value is -2.23. The number of carbonyl (C=O) groups excluding carboxylic acids is 1. The summed E-state index contributed by atoms with van der Waals surface area (Å²) >= 11 is 0. The first-order valence-electron chi connectivity index (χ1n) is 6.41. The van der Waals surface area contributed by atoms with E-state index in [1.807, 2.05) is 37.3 Å². The lowest BCUT2D eigenvalue weighted by Gasteiger charge is -2.05. The summed E-state index contributed by atoms with van der Waals surface area (Å²) in [7, 11) is 0. The highest BCUT2D eigenvalue weighted by atomic mass is 16.1. The van der Waals surface area contributed by atoms with E-state index in [2.05, 4.69) is 15.3 Å². The van der Waals surface area contributed by atoms with Crippen molar-refractivity contribution < 1.29 is 4.79 Å². The van der Waals surface area contributed by atoms with Crippen LogP contribution in [-0.4, -0.2) is 22.4 Å². The average molecular weight is 255 g/mol. The molecule has 2 rings (SSSR count). The van der Waals surface area contributed by atoms with Crippen LogP contribution in [0.4, 0.5) is 0 Å². The molecule has 0 unspecified atom stereocenters. The molecule has 0 aliphatic heterocycles. The second-order valence-corrected chi connectivity index (χ2v) is 4.33. The molecule has 0 saturated carbocycles. The minimum absolute atomic E-state index is 0.0181. The van der Waals surface area contributed by atoms with E-state index in [9.17, 15) is 4.79 Å². The maximum atomic E-state index is 11.7. The molecule has 1 aromatic carbocycles. The van der Waals surface area contributed by atoms with Crippen molar-refractivity contribution in [2.24, 2.45) is 0 Å². The van der Waals surface area contributed by atoms with Gasteiger partial charge in [0.2, 0.25) is 0 Å². The summed E-state index contributed by atoms with van der Waals surface area (Å²) in [6.45, 7) is 2.74. The zero-order valence-corrected chi connectivity index (χ0v) is 11.0. The van der Waals surface area contributed by atoms with E-state index in [0.717, 1.165) is 24.1 Å².